The van der Waals surface area contributed by atoms with Crippen LogP contribution in [-0.4, -0.2) is 57.3 Å². The third kappa shape index (κ3) is 4.67. The van der Waals surface area contributed by atoms with Crippen molar-refractivity contribution in [3.8, 4) is 0 Å². The number of carbonyl (C=O) groups excluding carboxylic acids is 4. The van der Waals surface area contributed by atoms with Crippen molar-refractivity contribution in [2.24, 2.45) is 0 Å². The van der Waals surface area contributed by atoms with Crippen molar-refractivity contribution >= 4 is 46.9 Å². The molecule has 2 heterocycles. The molecule has 2 N–H and O–H groups in total. The fourth-order valence-electron chi connectivity index (χ4n) is 3.68. The molecule has 0 spiro atoms. The lowest BCUT2D eigenvalue weighted by Gasteiger charge is -2.49. The largest absolute Gasteiger partial charge is 0.509 e. The van der Waals surface area contributed by atoms with Gasteiger partial charge in [-0.15, -0.1) is 11.8 Å². The number of rotatable bonds is 7. The predicted octanol–water partition coefficient (Wildman–Crippen LogP) is 3.04. The Morgan fingerprint density at radius 1 is 1.18 bits per heavy atom. The van der Waals surface area contributed by atoms with E-state index in [-0.39, 0.29) is 23.1 Å². The summed E-state index contributed by atoms with van der Waals surface area (Å²) >= 11 is 7.03. The van der Waals surface area contributed by atoms with Gasteiger partial charge in [-0.05, 0) is 36.8 Å². The highest BCUT2D eigenvalue weighted by molar-refractivity contribution is 8.00. The van der Waals surface area contributed by atoms with Gasteiger partial charge in [-0.3, -0.25) is 19.3 Å². The summed E-state index contributed by atoms with van der Waals surface area (Å²) in [7, 11) is 0. The standard InChI is InChI=1S/C24H21ClN2O6S/c1-13(14-5-3-2-4-6-14)21(30)26-19-22(31)27-20(18(29)12-34-23(19)27)24(32)33-11-17(28)15-7-9-16(25)10-8-15/h2-10,13,19,23,29H,11-12H2,1H3,(H,26,30)/t13?,19?,23-/m0/s1. The molecule has 0 saturated carbocycles. The van der Waals surface area contributed by atoms with Gasteiger partial charge in [-0.2, -0.15) is 0 Å². The third-order valence-electron chi connectivity index (χ3n) is 5.63. The summed E-state index contributed by atoms with van der Waals surface area (Å²) in [5.74, 6) is -3.02. The monoisotopic (exact) mass is 500 g/mol. The Kier molecular flexibility index (Phi) is 6.95. The number of esters is 1. The van der Waals surface area contributed by atoms with E-state index in [9.17, 15) is 24.3 Å². The van der Waals surface area contributed by atoms with Gasteiger partial charge >= 0.3 is 5.97 Å². The second-order valence-electron chi connectivity index (χ2n) is 7.83. The summed E-state index contributed by atoms with van der Waals surface area (Å²) < 4.78 is 5.08. The van der Waals surface area contributed by atoms with Crippen LogP contribution in [0.25, 0.3) is 0 Å². The van der Waals surface area contributed by atoms with Gasteiger partial charge in [0.25, 0.3) is 5.91 Å². The second kappa shape index (κ2) is 9.90. The molecule has 176 valence electrons. The zero-order chi connectivity index (χ0) is 24.4. The molecule has 0 aromatic heterocycles. The van der Waals surface area contributed by atoms with Crippen LogP contribution in [0.1, 0.15) is 28.8 Å². The SMILES string of the molecule is CC(C(=O)NC1C(=O)N2C(C(=O)OCC(=O)c3ccc(Cl)cc3)=C(O)CS[C@@H]12)c1ccccc1. The fourth-order valence-corrected chi connectivity index (χ4v) is 5.01. The molecule has 1 saturated heterocycles. The van der Waals surface area contributed by atoms with Crippen LogP contribution in [0.15, 0.2) is 66.1 Å². The molecule has 0 aliphatic carbocycles. The van der Waals surface area contributed by atoms with Crippen LogP contribution in [0, 0.1) is 0 Å². The minimum absolute atomic E-state index is 0.0601. The van der Waals surface area contributed by atoms with E-state index in [2.05, 4.69) is 5.32 Å². The Morgan fingerprint density at radius 3 is 2.53 bits per heavy atom. The summed E-state index contributed by atoms with van der Waals surface area (Å²) in [6.07, 6.45) is 0. The van der Waals surface area contributed by atoms with Crippen LogP contribution in [0.4, 0.5) is 0 Å². The number of halogens is 1. The Bertz CT molecular complexity index is 1170. The number of hydrogen-bond acceptors (Lipinski definition) is 7. The van der Waals surface area contributed by atoms with Crippen molar-refractivity contribution in [2.75, 3.05) is 12.4 Å². The normalized spacial score (nSPS) is 20.2. The first-order chi connectivity index (χ1) is 16.3. The Balaban J connectivity index is 1.39. The Morgan fingerprint density at radius 2 is 1.85 bits per heavy atom. The molecule has 2 amide bonds. The number of ketones is 1. The Labute approximate surface area is 204 Å². The molecule has 0 radical (unpaired) electrons. The average Bonchev–Trinajstić information content (AvgIpc) is 2.85. The summed E-state index contributed by atoms with van der Waals surface area (Å²) in [6.45, 7) is 1.18. The third-order valence-corrected chi connectivity index (χ3v) is 7.15. The summed E-state index contributed by atoms with van der Waals surface area (Å²) in [4.78, 5) is 51.5. The first kappa shape index (κ1) is 23.8. The van der Waals surface area contributed by atoms with Gasteiger partial charge in [0.15, 0.2) is 18.1 Å². The number of Topliss-reactive ketones (excluding diaryl/α,β-unsaturated/α-hetero) is 1. The molecule has 3 atom stereocenters. The van der Waals surface area contributed by atoms with E-state index in [4.69, 9.17) is 16.3 Å². The van der Waals surface area contributed by atoms with Gasteiger partial charge < -0.3 is 15.2 Å². The summed E-state index contributed by atoms with van der Waals surface area (Å²) in [5, 5.41) is 12.9. The van der Waals surface area contributed by atoms with Crippen LogP contribution in [0.3, 0.4) is 0 Å². The average molecular weight is 501 g/mol. The van der Waals surface area contributed by atoms with Crippen LogP contribution in [0.5, 0.6) is 0 Å². The number of β-lactam (4-membered cyclic amide) rings is 1. The van der Waals surface area contributed by atoms with E-state index < -0.39 is 41.6 Å². The van der Waals surface area contributed by atoms with Crippen molar-refractivity contribution in [2.45, 2.75) is 24.3 Å². The van der Waals surface area contributed by atoms with Crippen molar-refractivity contribution in [3.63, 3.8) is 0 Å². The molecule has 2 aromatic carbocycles. The summed E-state index contributed by atoms with van der Waals surface area (Å²) in [6, 6.07) is 14.4. The number of nitrogens with one attached hydrogen (secondary N) is 1. The molecule has 2 aromatic rings. The van der Waals surface area contributed by atoms with E-state index in [1.54, 1.807) is 19.1 Å². The quantitative estimate of drug-likeness (QED) is 0.341. The van der Waals surface area contributed by atoms with E-state index in [1.165, 1.54) is 23.9 Å². The highest BCUT2D eigenvalue weighted by Crippen LogP contribution is 2.40. The number of thioether (sulfide) groups is 1. The second-order valence-corrected chi connectivity index (χ2v) is 9.37. The molecule has 8 nitrogen and oxygen atoms in total. The van der Waals surface area contributed by atoms with E-state index in [0.717, 1.165) is 10.5 Å². The fraction of sp³-hybridized carbons (Fsp3) is 0.250. The van der Waals surface area contributed by atoms with Crippen molar-refractivity contribution in [1.82, 2.24) is 10.2 Å². The maximum atomic E-state index is 12.8. The number of benzene rings is 2. The number of fused-ring (bicyclic) bond motifs is 1. The van der Waals surface area contributed by atoms with E-state index in [1.807, 2.05) is 30.3 Å². The smallest absolute Gasteiger partial charge is 0.359 e. The van der Waals surface area contributed by atoms with E-state index >= 15 is 0 Å². The highest BCUT2D eigenvalue weighted by atomic mass is 35.5. The molecule has 2 aliphatic heterocycles. The van der Waals surface area contributed by atoms with Gasteiger partial charge in [-0.1, -0.05) is 41.9 Å². The van der Waals surface area contributed by atoms with Gasteiger partial charge in [0.2, 0.25) is 5.91 Å². The molecule has 2 aliphatic rings. The first-order valence-corrected chi connectivity index (χ1v) is 11.9. The van der Waals surface area contributed by atoms with Crippen molar-refractivity contribution < 1.29 is 29.0 Å². The maximum Gasteiger partial charge on any atom is 0.359 e. The molecule has 0 bridgehead atoms. The minimum atomic E-state index is -0.985. The number of aliphatic hydroxyl groups excluding tert-OH is 1. The molecule has 34 heavy (non-hydrogen) atoms. The maximum absolute atomic E-state index is 12.8. The van der Waals surface area contributed by atoms with Crippen LogP contribution >= 0.6 is 23.4 Å². The zero-order valence-corrected chi connectivity index (χ0v) is 19.6. The lowest BCUT2D eigenvalue weighted by molar-refractivity contribution is -0.153. The molecule has 4 rings (SSSR count). The van der Waals surface area contributed by atoms with Crippen molar-refractivity contribution in [1.29, 1.82) is 0 Å². The number of ether oxygens (including phenoxy) is 1. The minimum Gasteiger partial charge on any atom is -0.509 e. The van der Waals surface area contributed by atoms with Gasteiger partial charge in [-0.25, -0.2) is 4.79 Å². The number of hydrogen-bond donors (Lipinski definition) is 2. The van der Waals surface area contributed by atoms with Crippen LogP contribution in [0.2, 0.25) is 5.02 Å². The number of amides is 2. The molecular formula is C24H21ClN2O6S. The highest BCUT2D eigenvalue weighted by Gasteiger charge is 2.55. The Hall–Kier alpha value is -3.30. The number of nitrogens with zero attached hydrogens (tertiary/aromatic N) is 1. The molecule has 2 unspecified atom stereocenters. The molecule has 10 heteroatoms. The summed E-state index contributed by atoms with van der Waals surface area (Å²) in [5.41, 5.74) is 0.814. The first-order valence-electron chi connectivity index (χ1n) is 10.5. The van der Waals surface area contributed by atoms with E-state index in [0.29, 0.717) is 10.6 Å². The topological polar surface area (TPSA) is 113 Å². The van der Waals surface area contributed by atoms with Gasteiger partial charge in [0.1, 0.15) is 17.2 Å². The zero-order valence-electron chi connectivity index (χ0n) is 18.1. The number of carbonyl (C=O) groups is 4. The van der Waals surface area contributed by atoms with Crippen LogP contribution < -0.4 is 5.32 Å². The number of aliphatic hydroxyl groups is 1. The lowest BCUT2D eigenvalue weighted by atomic mass is 9.98. The molecular weight excluding hydrogens is 480 g/mol. The van der Waals surface area contributed by atoms with Gasteiger partial charge in [0, 0.05) is 10.6 Å². The van der Waals surface area contributed by atoms with Crippen LogP contribution in [-0.2, 0) is 19.1 Å². The van der Waals surface area contributed by atoms with Gasteiger partial charge in [0.05, 0.1) is 11.7 Å². The van der Waals surface area contributed by atoms with Crippen molar-refractivity contribution in [3.05, 3.63) is 82.2 Å². The molecule has 1 fully saturated rings. The lowest BCUT2D eigenvalue weighted by Crippen LogP contribution is -2.70. The predicted molar refractivity (Wildman–Crippen MR) is 126 cm³/mol.